The van der Waals surface area contributed by atoms with Gasteiger partial charge in [0.05, 0.1) is 26.7 Å². The highest BCUT2D eigenvalue weighted by atomic mass is 79.9. The lowest BCUT2D eigenvalue weighted by Gasteiger charge is -2.29. The van der Waals surface area contributed by atoms with Crippen molar-refractivity contribution in [1.82, 2.24) is 0 Å². The Morgan fingerprint density at radius 3 is 1.43 bits per heavy atom. The Labute approximate surface area is 145 Å². The number of halogens is 1. The molecule has 0 aromatic heterocycles. The van der Waals surface area contributed by atoms with Crippen molar-refractivity contribution >= 4 is 0 Å². The Balaban J connectivity index is 0.00000400. The van der Waals surface area contributed by atoms with Gasteiger partial charge in [0.25, 0.3) is 0 Å². The van der Waals surface area contributed by atoms with Crippen LogP contribution in [0.15, 0.2) is 0 Å². The van der Waals surface area contributed by atoms with Crippen LogP contribution >= 0.6 is 0 Å². The van der Waals surface area contributed by atoms with Gasteiger partial charge in [-0.05, 0) is 12.8 Å². The van der Waals surface area contributed by atoms with Gasteiger partial charge in [0.1, 0.15) is 0 Å². The molecule has 1 heterocycles. The topological polar surface area (TPSA) is 0 Å². The first kappa shape index (κ1) is 21.4. The van der Waals surface area contributed by atoms with Crippen LogP contribution in [-0.2, 0) is 0 Å². The summed E-state index contributed by atoms with van der Waals surface area (Å²) < 4.78 is 1.37. The first-order valence-electron chi connectivity index (χ1n) is 9.60. The number of hydrogen-bond acceptors (Lipinski definition) is 0. The summed E-state index contributed by atoms with van der Waals surface area (Å²) in [6, 6.07) is 0. The van der Waals surface area contributed by atoms with E-state index in [1.54, 1.807) is 0 Å². The highest BCUT2D eigenvalue weighted by Crippen LogP contribution is 2.18. The van der Waals surface area contributed by atoms with Crippen LogP contribution in [0.2, 0.25) is 0 Å². The lowest BCUT2D eigenvalue weighted by molar-refractivity contribution is -0.897. The molecule has 1 aliphatic rings. The largest absolute Gasteiger partial charge is 1.00 e. The van der Waals surface area contributed by atoms with Crippen molar-refractivity contribution in [2.24, 2.45) is 0 Å². The molecule has 0 unspecified atom stereocenters. The SMILES string of the molecule is CCCCCCCCCCCCCC[N+]1(C)CCCC1.[Br-]. The molecule has 1 rings (SSSR count). The Morgan fingerprint density at radius 1 is 0.619 bits per heavy atom. The van der Waals surface area contributed by atoms with Crippen LogP contribution < -0.4 is 17.0 Å². The first-order valence-corrected chi connectivity index (χ1v) is 9.60. The molecule has 2 heteroatoms. The second-order valence-electron chi connectivity index (χ2n) is 7.39. The summed E-state index contributed by atoms with van der Waals surface area (Å²) in [5.74, 6) is 0. The van der Waals surface area contributed by atoms with Crippen molar-refractivity contribution in [3.05, 3.63) is 0 Å². The second kappa shape index (κ2) is 14.1. The maximum absolute atomic E-state index is 2.46. The van der Waals surface area contributed by atoms with Gasteiger partial charge in [-0.1, -0.05) is 71.1 Å². The van der Waals surface area contributed by atoms with Gasteiger partial charge in [0.2, 0.25) is 0 Å². The van der Waals surface area contributed by atoms with E-state index in [0.717, 1.165) is 0 Å². The maximum atomic E-state index is 2.46. The zero-order chi connectivity index (χ0) is 14.5. The second-order valence-corrected chi connectivity index (χ2v) is 7.39. The van der Waals surface area contributed by atoms with Gasteiger partial charge in [0.15, 0.2) is 0 Å². The van der Waals surface area contributed by atoms with Gasteiger partial charge < -0.3 is 21.5 Å². The molecule has 0 saturated carbocycles. The summed E-state index contributed by atoms with van der Waals surface area (Å²) in [5.41, 5.74) is 0. The summed E-state index contributed by atoms with van der Waals surface area (Å²) in [5, 5.41) is 0. The molecule has 0 aliphatic carbocycles. The molecule has 0 radical (unpaired) electrons. The number of unbranched alkanes of at least 4 members (excludes halogenated alkanes) is 11. The lowest BCUT2D eigenvalue weighted by atomic mass is 10.1. The molecule has 128 valence electrons. The molecule has 0 amide bonds. The number of likely N-dealkylation sites (tertiary alicyclic amines) is 1. The third-order valence-corrected chi connectivity index (χ3v) is 5.20. The van der Waals surface area contributed by atoms with Crippen molar-refractivity contribution in [3.63, 3.8) is 0 Å². The van der Waals surface area contributed by atoms with E-state index in [-0.39, 0.29) is 17.0 Å². The van der Waals surface area contributed by atoms with E-state index in [1.165, 1.54) is 114 Å². The molecular weight excluding hydrogens is 322 g/mol. The number of quaternary nitrogens is 1. The van der Waals surface area contributed by atoms with Crippen LogP contribution in [0.4, 0.5) is 0 Å². The Kier molecular flexibility index (Phi) is 14.4. The highest BCUT2D eigenvalue weighted by Gasteiger charge is 2.25. The van der Waals surface area contributed by atoms with Gasteiger partial charge in [-0.15, -0.1) is 0 Å². The van der Waals surface area contributed by atoms with E-state index >= 15 is 0 Å². The fourth-order valence-corrected chi connectivity index (χ4v) is 3.66. The van der Waals surface area contributed by atoms with Crippen LogP contribution in [0.5, 0.6) is 0 Å². The molecule has 1 saturated heterocycles. The predicted octanol–water partition coefficient (Wildman–Crippen LogP) is 2.93. The summed E-state index contributed by atoms with van der Waals surface area (Å²) in [4.78, 5) is 0. The first-order chi connectivity index (χ1) is 9.77. The van der Waals surface area contributed by atoms with Crippen LogP contribution in [0, 0.1) is 0 Å². The molecule has 0 aromatic carbocycles. The van der Waals surface area contributed by atoms with Gasteiger partial charge >= 0.3 is 0 Å². The van der Waals surface area contributed by atoms with Crippen LogP contribution in [-0.4, -0.2) is 31.2 Å². The van der Waals surface area contributed by atoms with Crippen molar-refractivity contribution in [1.29, 1.82) is 0 Å². The van der Waals surface area contributed by atoms with Crippen molar-refractivity contribution < 1.29 is 21.5 Å². The standard InChI is InChI=1S/C19H40N.BrH/c1-3-4-5-6-7-8-9-10-11-12-13-14-17-20(2)18-15-16-19-20;/h3-19H2,1-2H3;1H/q+1;/p-1. The fourth-order valence-electron chi connectivity index (χ4n) is 3.66. The average molecular weight is 362 g/mol. The van der Waals surface area contributed by atoms with Crippen molar-refractivity contribution in [3.8, 4) is 0 Å². The number of hydrogen-bond donors (Lipinski definition) is 0. The van der Waals surface area contributed by atoms with E-state index in [1.807, 2.05) is 0 Å². The normalized spacial score (nSPS) is 16.9. The third-order valence-electron chi connectivity index (χ3n) is 5.20. The molecule has 21 heavy (non-hydrogen) atoms. The smallest absolute Gasteiger partial charge is 0.0786 e. The molecule has 1 nitrogen and oxygen atoms in total. The van der Waals surface area contributed by atoms with Gasteiger partial charge in [-0.2, -0.15) is 0 Å². The van der Waals surface area contributed by atoms with Gasteiger partial charge in [-0.25, -0.2) is 0 Å². The van der Waals surface area contributed by atoms with Crippen molar-refractivity contribution in [2.45, 2.75) is 96.8 Å². The fraction of sp³-hybridized carbons (Fsp3) is 1.00. The zero-order valence-electron chi connectivity index (χ0n) is 14.8. The molecule has 1 fully saturated rings. The summed E-state index contributed by atoms with van der Waals surface area (Å²) >= 11 is 0. The highest BCUT2D eigenvalue weighted by molar-refractivity contribution is 4.53. The third kappa shape index (κ3) is 11.6. The van der Waals surface area contributed by atoms with Crippen LogP contribution in [0.1, 0.15) is 96.8 Å². The summed E-state index contributed by atoms with van der Waals surface area (Å²) in [6.45, 7) is 6.62. The zero-order valence-corrected chi connectivity index (χ0v) is 16.4. The Hall–Kier alpha value is 0.440. The minimum absolute atomic E-state index is 0. The quantitative estimate of drug-likeness (QED) is 0.349. The average Bonchev–Trinajstić information content (AvgIpc) is 2.87. The molecule has 0 bridgehead atoms. The Bertz CT molecular complexity index is 212. The molecule has 0 N–H and O–H groups in total. The summed E-state index contributed by atoms with van der Waals surface area (Å²) in [6.07, 6.45) is 20.5. The molecule has 0 spiro atoms. The maximum Gasteiger partial charge on any atom is 0.0786 e. The molecule has 0 aromatic rings. The van der Waals surface area contributed by atoms with Crippen LogP contribution in [0.3, 0.4) is 0 Å². The monoisotopic (exact) mass is 361 g/mol. The van der Waals surface area contributed by atoms with Crippen LogP contribution in [0.25, 0.3) is 0 Å². The van der Waals surface area contributed by atoms with E-state index < -0.39 is 0 Å². The minimum Gasteiger partial charge on any atom is -1.00 e. The lowest BCUT2D eigenvalue weighted by Crippen LogP contribution is -3.00. The summed E-state index contributed by atoms with van der Waals surface area (Å²) in [7, 11) is 2.46. The van der Waals surface area contributed by atoms with Gasteiger partial charge in [-0.3, -0.25) is 0 Å². The minimum atomic E-state index is 0. The number of nitrogens with zero attached hydrogens (tertiary/aromatic N) is 1. The Morgan fingerprint density at radius 2 is 1.00 bits per heavy atom. The van der Waals surface area contributed by atoms with E-state index in [4.69, 9.17) is 0 Å². The molecule has 1 aliphatic heterocycles. The van der Waals surface area contributed by atoms with Crippen molar-refractivity contribution in [2.75, 3.05) is 26.7 Å². The number of rotatable bonds is 13. The van der Waals surface area contributed by atoms with E-state index in [9.17, 15) is 0 Å². The van der Waals surface area contributed by atoms with E-state index in [2.05, 4.69) is 14.0 Å². The van der Waals surface area contributed by atoms with E-state index in [0.29, 0.717) is 0 Å². The molecule has 0 atom stereocenters. The van der Waals surface area contributed by atoms with Gasteiger partial charge in [0, 0.05) is 12.8 Å². The predicted molar refractivity (Wildman–Crippen MR) is 91.1 cm³/mol. The molecular formula is C19H40BrN.